The topological polar surface area (TPSA) is 98.9 Å². The lowest BCUT2D eigenvalue weighted by molar-refractivity contribution is -0.0440. The van der Waals surface area contributed by atoms with E-state index >= 15 is 0 Å². The normalized spacial score (nSPS) is 37.5. The van der Waals surface area contributed by atoms with Gasteiger partial charge in [-0.2, -0.15) is 0 Å². The van der Waals surface area contributed by atoms with E-state index in [1.54, 1.807) is 10.9 Å². The Morgan fingerprint density at radius 1 is 1.26 bits per heavy atom. The summed E-state index contributed by atoms with van der Waals surface area (Å²) in [4.78, 5) is 0. The lowest BCUT2D eigenvalue weighted by Gasteiger charge is -2.16. The Kier molecular flexibility index (Phi) is 5.38. The van der Waals surface area contributed by atoms with Crippen LogP contribution in [0.25, 0.3) is 0 Å². The van der Waals surface area contributed by atoms with Crippen LogP contribution >= 0.6 is 0 Å². The second-order valence-electron chi connectivity index (χ2n) is 5.93. The van der Waals surface area contributed by atoms with Gasteiger partial charge >= 0.3 is 0 Å². The minimum absolute atomic E-state index is 0.137. The number of hydrogen-bond acceptors (Lipinski definition) is 7. The number of aliphatic hydroxyl groups excluding tert-OH is 2. The zero-order chi connectivity index (χ0) is 16.4. The summed E-state index contributed by atoms with van der Waals surface area (Å²) in [6, 6.07) is -0.860. The van der Waals surface area contributed by atoms with E-state index in [-0.39, 0.29) is 25.4 Å². The fraction of sp³-hybridized carbons (Fsp3) is 0.846. The predicted molar refractivity (Wildman–Crippen MR) is 79.8 cm³/mol. The van der Waals surface area contributed by atoms with E-state index in [4.69, 9.17) is 29.9 Å². The Bertz CT molecular complexity index is 520. The van der Waals surface area contributed by atoms with E-state index in [0.29, 0.717) is 25.1 Å². The van der Waals surface area contributed by atoms with Crippen LogP contribution in [-0.2, 0) is 27.4 Å². The molecule has 23 heavy (non-hydrogen) atoms. The molecule has 3 heterocycles. The van der Waals surface area contributed by atoms with Gasteiger partial charge in [0, 0.05) is 12.0 Å². The lowest BCUT2D eigenvalue weighted by atomic mass is 9.96. The molecule has 1 aromatic rings. The first kappa shape index (κ1) is 16.9. The van der Waals surface area contributed by atoms with Gasteiger partial charge in [0.15, 0.2) is 0 Å². The van der Waals surface area contributed by atoms with Crippen LogP contribution in [0.3, 0.4) is 0 Å². The van der Waals surface area contributed by atoms with Crippen molar-refractivity contribution in [3.05, 3.63) is 11.9 Å². The molecular formula is C13H19B2N3O5. The van der Waals surface area contributed by atoms with Crippen LogP contribution in [0.5, 0.6) is 0 Å². The minimum atomic E-state index is -0.601. The molecule has 10 heteroatoms. The van der Waals surface area contributed by atoms with Crippen molar-refractivity contribution in [1.82, 2.24) is 15.0 Å². The summed E-state index contributed by atoms with van der Waals surface area (Å²) in [5.74, 6) is 0. The van der Waals surface area contributed by atoms with Crippen LogP contribution in [0.15, 0.2) is 6.20 Å². The Hall–Kier alpha value is -0.930. The van der Waals surface area contributed by atoms with Gasteiger partial charge < -0.3 is 24.4 Å². The highest BCUT2D eigenvalue weighted by Crippen LogP contribution is 2.22. The van der Waals surface area contributed by atoms with Crippen LogP contribution < -0.4 is 0 Å². The zero-order valence-electron chi connectivity index (χ0n) is 12.7. The van der Waals surface area contributed by atoms with Gasteiger partial charge in [-0.05, 0) is 12.8 Å². The van der Waals surface area contributed by atoms with Crippen molar-refractivity contribution < 1.29 is 24.4 Å². The number of nitrogens with zero attached hydrogens (tertiary/aromatic N) is 3. The van der Waals surface area contributed by atoms with Crippen LogP contribution in [-0.4, -0.2) is 83.9 Å². The first-order chi connectivity index (χ1) is 11.0. The molecule has 122 valence electrons. The van der Waals surface area contributed by atoms with E-state index in [1.165, 1.54) is 0 Å². The number of rotatable bonds is 6. The molecule has 0 aromatic carbocycles. The van der Waals surface area contributed by atoms with Crippen LogP contribution in [0.1, 0.15) is 18.5 Å². The van der Waals surface area contributed by atoms with Gasteiger partial charge in [0.1, 0.15) is 33.6 Å². The molecule has 0 bridgehead atoms. The molecule has 1 aromatic heterocycles. The Morgan fingerprint density at radius 2 is 2.00 bits per heavy atom. The first-order valence-corrected chi connectivity index (χ1v) is 7.66. The summed E-state index contributed by atoms with van der Waals surface area (Å²) >= 11 is 0. The molecule has 0 spiro atoms. The number of hydrogen-bond donors (Lipinski definition) is 2. The predicted octanol–water partition coefficient (Wildman–Crippen LogP) is -1.92. The molecule has 0 saturated carbocycles. The molecule has 4 radical (unpaired) electrons. The Labute approximate surface area is 136 Å². The van der Waals surface area contributed by atoms with Crippen LogP contribution in [0.2, 0.25) is 0 Å². The van der Waals surface area contributed by atoms with E-state index in [0.717, 1.165) is 0 Å². The lowest BCUT2D eigenvalue weighted by Crippen LogP contribution is -2.27. The zero-order valence-corrected chi connectivity index (χ0v) is 12.7. The van der Waals surface area contributed by atoms with E-state index in [9.17, 15) is 10.2 Å². The fourth-order valence-electron chi connectivity index (χ4n) is 2.88. The van der Waals surface area contributed by atoms with Crippen molar-refractivity contribution in [2.24, 2.45) is 0 Å². The third-order valence-electron chi connectivity index (χ3n) is 4.06. The van der Waals surface area contributed by atoms with Crippen molar-refractivity contribution in [3.8, 4) is 0 Å². The molecule has 2 unspecified atom stereocenters. The molecule has 6 atom stereocenters. The van der Waals surface area contributed by atoms with Gasteiger partial charge in [0.05, 0.1) is 38.2 Å². The third-order valence-corrected chi connectivity index (χ3v) is 4.06. The summed E-state index contributed by atoms with van der Waals surface area (Å²) in [5.41, 5.74) is 0.638. The molecule has 3 rings (SSSR count). The average Bonchev–Trinajstić information content (AvgIpc) is 3.17. The SMILES string of the molecule is [B][C@H]1C[C@@H](O)C(Cn2cc(CO[C@@H]3C[C@H]([B])OC3CO)nn2)O1. The minimum Gasteiger partial charge on any atom is -0.394 e. The van der Waals surface area contributed by atoms with Crippen molar-refractivity contribution >= 4 is 15.7 Å². The quantitative estimate of drug-likeness (QED) is 0.590. The molecule has 2 aliphatic heterocycles. The maximum atomic E-state index is 9.81. The summed E-state index contributed by atoms with van der Waals surface area (Å²) in [7, 11) is 11.3. The highest BCUT2D eigenvalue weighted by Gasteiger charge is 2.33. The third kappa shape index (κ3) is 4.13. The van der Waals surface area contributed by atoms with Crippen LogP contribution in [0, 0.1) is 0 Å². The number of aliphatic hydroxyl groups is 2. The maximum Gasteiger partial charge on any atom is 0.109 e. The van der Waals surface area contributed by atoms with Crippen LogP contribution in [0.4, 0.5) is 0 Å². The first-order valence-electron chi connectivity index (χ1n) is 7.66. The maximum absolute atomic E-state index is 9.81. The summed E-state index contributed by atoms with van der Waals surface area (Å²) in [6.07, 6.45) is 1.00. The van der Waals surface area contributed by atoms with E-state index in [2.05, 4.69) is 10.3 Å². The highest BCUT2D eigenvalue weighted by molar-refractivity contribution is 6.11. The Morgan fingerprint density at radius 3 is 2.70 bits per heavy atom. The fourth-order valence-corrected chi connectivity index (χ4v) is 2.88. The molecule has 8 nitrogen and oxygen atoms in total. The summed E-state index contributed by atoms with van der Waals surface area (Å²) < 4.78 is 18.0. The Balaban J connectivity index is 1.49. The molecule has 2 saturated heterocycles. The van der Waals surface area contributed by atoms with E-state index in [1.807, 2.05) is 0 Å². The monoisotopic (exact) mass is 319 g/mol. The van der Waals surface area contributed by atoms with Gasteiger partial charge in [-0.3, -0.25) is 0 Å². The van der Waals surface area contributed by atoms with Gasteiger partial charge in [-0.1, -0.05) is 5.21 Å². The number of aromatic nitrogens is 3. The second-order valence-corrected chi connectivity index (χ2v) is 5.93. The van der Waals surface area contributed by atoms with Gasteiger partial charge in [0.25, 0.3) is 0 Å². The van der Waals surface area contributed by atoms with Gasteiger partial charge in [0.2, 0.25) is 0 Å². The molecule has 2 N–H and O–H groups in total. The summed E-state index contributed by atoms with van der Waals surface area (Å²) in [5, 5.41) is 27.0. The number of ether oxygens (including phenoxy) is 3. The van der Waals surface area contributed by atoms with Crippen molar-refractivity contribution in [2.75, 3.05) is 6.61 Å². The van der Waals surface area contributed by atoms with E-state index < -0.39 is 24.2 Å². The van der Waals surface area contributed by atoms with Crippen molar-refractivity contribution in [3.63, 3.8) is 0 Å². The molecule has 0 amide bonds. The second kappa shape index (κ2) is 7.31. The largest absolute Gasteiger partial charge is 0.394 e. The molecular weight excluding hydrogens is 300 g/mol. The average molecular weight is 319 g/mol. The van der Waals surface area contributed by atoms with Gasteiger partial charge in [-0.15, -0.1) is 5.10 Å². The smallest absolute Gasteiger partial charge is 0.109 e. The van der Waals surface area contributed by atoms with Crippen molar-refractivity contribution in [1.29, 1.82) is 0 Å². The molecule has 2 fully saturated rings. The molecule has 0 aliphatic carbocycles. The van der Waals surface area contributed by atoms with Crippen molar-refractivity contribution in [2.45, 2.75) is 62.4 Å². The molecule has 2 aliphatic rings. The highest BCUT2D eigenvalue weighted by atomic mass is 16.6. The van der Waals surface area contributed by atoms with Gasteiger partial charge in [-0.25, -0.2) is 4.68 Å². The summed E-state index contributed by atoms with van der Waals surface area (Å²) in [6.45, 7) is 0.478. The standard InChI is InChI=1S/C13H19B2N3O5/c14-12-1-8(20)10(22-12)4-18-3-7(16-17-18)6-21-9-2-13(15)23-11(9)5-19/h3,8-13,19-20H,1-2,4-6H2/t8-,9-,10?,11?,12-,13-/m1/s1.